The van der Waals surface area contributed by atoms with Crippen LogP contribution in [0.25, 0.3) is 0 Å². The van der Waals surface area contributed by atoms with Crippen molar-refractivity contribution in [2.24, 2.45) is 5.92 Å². The number of amides is 1. The van der Waals surface area contributed by atoms with E-state index in [1.807, 2.05) is 0 Å². The van der Waals surface area contributed by atoms with Crippen molar-refractivity contribution < 1.29 is 14.7 Å². The largest absolute Gasteiger partial charge is 0.480 e. The average molecular weight is 280 g/mol. The van der Waals surface area contributed by atoms with E-state index in [1.165, 1.54) is 6.20 Å². The number of aliphatic carboxylic acids is 1. The fourth-order valence-corrected chi connectivity index (χ4v) is 2.60. The zero-order chi connectivity index (χ0) is 14.5. The van der Waals surface area contributed by atoms with Crippen LogP contribution in [-0.2, 0) is 4.79 Å². The fourth-order valence-electron chi connectivity index (χ4n) is 2.60. The molecule has 20 heavy (non-hydrogen) atoms. The number of nitrogens with one attached hydrogen (secondary N) is 2. The molecule has 1 amide bonds. The van der Waals surface area contributed by atoms with Crippen molar-refractivity contribution in [2.75, 3.05) is 20.1 Å². The normalized spacial score (nSPS) is 17.9. The lowest BCUT2D eigenvalue weighted by Gasteiger charge is -2.32. The van der Waals surface area contributed by atoms with Crippen LogP contribution in [0, 0.1) is 5.92 Å². The van der Waals surface area contributed by atoms with Gasteiger partial charge in [0.05, 0.1) is 11.8 Å². The van der Waals surface area contributed by atoms with E-state index >= 15 is 0 Å². The zero-order valence-electron chi connectivity index (χ0n) is 11.5. The fraction of sp³-hybridized carbons (Fsp3) is 0.615. The number of likely N-dealkylation sites (N-methyl/N-ethyl adjacent to an activating group) is 1. The molecule has 1 atom stereocenters. The Morgan fingerprint density at radius 3 is 2.75 bits per heavy atom. The number of piperidine rings is 1. The monoisotopic (exact) mass is 280 g/mol. The Morgan fingerprint density at radius 1 is 1.55 bits per heavy atom. The maximum atomic E-state index is 12.1. The first-order valence-corrected chi connectivity index (χ1v) is 6.80. The molecule has 0 unspecified atom stereocenters. The van der Waals surface area contributed by atoms with Crippen molar-refractivity contribution in [3.05, 3.63) is 18.0 Å². The Bertz CT molecular complexity index is 452. The number of carboxylic acid groups (broad SMARTS) is 1. The Labute approximate surface area is 117 Å². The van der Waals surface area contributed by atoms with Gasteiger partial charge in [-0.3, -0.25) is 14.7 Å². The third-order valence-corrected chi connectivity index (χ3v) is 3.86. The second kappa shape index (κ2) is 6.51. The SMILES string of the molecule is CN[C@@H](CC1CCN(C(=O)c2cn[nH]c2)CC1)C(=O)O. The van der Waals surface area contributed by atoms with E-state index < -0.39 is 12.0 Å². The lowest BCUT2D eigenvalue weighted by Crippen LogP contribution is -2.41. The quantitative estimate of drug-likeness (QED) is 0.721. The molecule has 0 aromatic carbocycles. The predicted molar refractivity (Wildman–Crippen MR) is 72.3 cm³/mol. The standard InChI is InChI=1S/C13H20N4O3/c1-14-11(13(19)20)6-9-2-4-17(5-3-9)12(18)10-7-15-16-8-10/h7-9,11,14H,2-6H2,1H3,(H,15,16)(H,19,20)/t11-/m0/s1. The molecule has 1 aromatic rings. The minimum atomic E-state index is -0.815. The first kappa shape index (κ1) is 14.5. The van der Waals surface area contributed by atoms with Crippen molar-refractivity contribution in [3.8, 4) is 0 Å². The number of aromatic nitrogens is 2. The number of nitrogens with zero attached hydrogens (tertiary/aromatic N) is 2. The summed E-state index contributed by atoms with van der Waals surface area (Å²) in [4.78, 5) is 24.9. The predicted octanol–water partition coefficient (Wildman–Crippen LogP) is 0.325. The second-order valence-electron chi connectivity index (χ2n) is 5.14. The number of hydrogen-bond donors (Lipinski definition) is 3. The number of H-pyrrole nitrogens is 1. The van der Waals surface area contributed by atoms with E-state index in [9.17, 15) is 9.59 Å². The van der Waals surface area contributed by atoms with E-state index in [2.05, 4.69) is 15.5 Å². The molecule has 0 saturated carbocycles. The van der Waals surface area contributed by atoms with Crippen LogP contribution in [0.2, 0.25) is 0 Å². The van der Waals surface area contributed by atoms with Crippen LogP contribution >= 0.6 is 0 Å². The van der Waals surface area contributed by atoms with Gasteiger partial charge in [-0.25, -0.2) is 0 Å². The number of rotatable bonds is 5. The van der Waals surface area contributed by atoms with Crippen molar-refractivity contribution in [1.82, 2.24) is 20.4 Å². The molecule has 3 N–H and O–H groups in total. The smallest absolute Gasteiger partial charge is 0.320 e. The number of carboxylic acids is 1. The van der Waals surface area contributed by atoms with Gasteiger partial charge in [-0.2, -0.15) is 5.10 Å². The van der Waals surface area contributed by atoms with Gasteiger partial charge >= 0.3 is 5.97 Å². The Hall–Kier alpha value is -1.89. The molecule has 1 aromatic heterocycles. The van der Waals surface area contributed by atoms with E-state index in [0.717, 1.165) is 12.8 Å². The van der Waals surface area contributed by atoms with Gasteiger partial charge in [0.2, 0.25) is 0 Å². The number of hydrogen-bond acceptors (Lipinski definition) is 4. The number of carbonyl (C=O) groups excluding carboxylic acids is 1. The minimum absolute atomic E-state index is 0.0133. The summed E-state index contributed by atoms with van der Waals surface area (Å²) in [5.41, 5.74) is 0.571. The molecule has 2 heterocycles. The van der Waals surface area contributed by atoms with Crippen molar-refractivity contribution >= 4 is 11.9 Å². The number of carbonyl (C=O) groups is 2. The average Bonchev–Trinajstić information content (AvgIpc) is 2.98. The van der Waals surface area contributed by atoms with Gasteiger partial charge < -0.3 is 15.3 Å². The lowest BCUT2D eigenvalue weighted by molar-refractivity contribution is -0.139. The van der Waals surface area contributed by atoms with Gasteiger partial charge in [-0.1, -0.05) is 0 Å². The van der Waals surface area contributed by atoms with E-state index in [0.29, 0.717) is 31.0 Å². The summed E-state index contributed by atoms with van der Waals surface area (Å²) >= 11 is 0. The molecule has 0 aliphatic carbocycles. The Morgan fingerprint density at radius 2 is 2.25 bits per heavy atom. The van der Waals surface area contributed by atoms with Crippen LogP contribution in [-0.4, -0.2) is 58.3 Å². The van der Waals surface area contributed by atoms with Crippen LogP contribution in [0.3, 0.4) is 0 Å². The Kier molecular flexibility index (Phi) is 4.73. The summed E-state index contributed by atoms with van der Waals surface area (Å²) in [6.45, 7) is 1.34. The highest BCUT2D eigenvalue weighted by atomic mass is 16.4. The van der Waals surface area contributed by atoms with E-state index in [1.54, 1.807) is 18.1 Å². The highest BCUT2D eigenvalue weighted by Gasteiger charge is 2.27. The maximum absolute atomic E-state index is 12.1. The molecular weight excluding hydrogens is 260 g/mol. The molecule has 0 radical (unpaired) electrons. The van der Waals surface area contributed by atoms with Gasteiger partial charge in [0.1, 0.15) is 6.04 Å². The van der Waals surface area contributed by atoms with E-state index in [-0.39, 0.29) is 5.91 Å². The summed E-state index contributed by atoms with van der Waals surface area (Å²) in [6.07, 6.45) is 5.41. The molecule has 2 rings (SSSR count). The summed E-state index contributed by atoms with van der Waals surface area (Å²) in [5, 5.41) is 18.3. The molecule has 110 valence electrons. The molecule has 1 fully saturated rings. The lowest BCUT2D eigenvalue weighted by atomic mass is 9.90. The van der Waals surface area contributed by atoms with Crippen molar-refractivity contribution in [3.63, 3.8) is 0 Å². The number of aromatic amines is 1. The Balaban J connectivity index is 1.83. The summed E-state index contributed by atoms with van der Waals surface area (Å²) in [5.74, 6) is -0.484. The maximum Gasteiger partial charge on any atom is 0.320 e. The highest BCUT2D eigenvalue weighted by Crippen LogP contribution is 2.23. The van der Waals surface area contributed by atoms with Gasteiger partial charge in [-0.15, -0.1) is 0 Å². The summed E-state index contributed by atoms with van der Waals surface area (Å²) in [7, 11) is 1.66. The molecule has 1 saturated heterocycles. The van der Waals surface area contributed by atoms with Crippen LogP contribution < -0.4 is 5.32 Å². The van der Waals surface area contributed by atoms with E-state index in [4.69, 9.17) is 5.11 Å². The van der Waals surface area contributed by atoms with Gasteiger partial charge in [-0.05, 0) is 32.2 Å². The summed E-state index contributed by atoms with van der Waals surface area (Å²) < 4.78 is 0. The molecule has 0 bridgehead atoms. The first-order valence-electron chi connectivity index (χ1n) is 6.80. The third kappa shape index (κ3) is 3.36. The van der Waals surface area contributed by atoms with Gasteiger partial charge in [0.25, 0.3) is 5.91 Å². The molecule has 7 nitrogen and oxygen atoms in total. The second-order valence-corrected chi connectivity index (χ2v) is 5.14. The molecule has 0 spiro atoms. The van der Waals surface area contributed by atoms with Crippen LogP contribution in [0.1, 0.15) is 29.6 Å². The van der Waals surface area contributed by atoms with Crippen molar-refractivity contribution in [2.45, 2.75) is 25.3 Å². The first-order chi connectivity index (χ1) is 9.61. The third-order valence-electron chi connectivity index (χ3n) is 3.86. The highest BCUT2D eigenvalue weighted by molar-refractivity contribution is 5.93. The van der Waals surface area contributed by atoms with Gasteiger partial charge in [0.15, 0.2) is 0 Å². The summed E-state index contributed by atoms with van der Waals surface area (Å²) in [6, 6.07) is -0.504. The van der Waals surface area contributed by atoms with Crippen LogP contribution in [0.15, 0.2) is 12.4 Å². The molecular formula is C13H20N4O3. The molecule has 1 aliphatic rings. The van der Waals surface area contributed by atoms with Crippen LogP contribution in [0.4, 0.5) is 0 Å². The topological polar surface area (TPSA) is 98.3 Å². The van der Waals surface area contributed by atoms with Crippen LogP contribution in [0.5, 0.6) is 0 Å². The van der Waals surface area contributed by atoms with Crippen molar-refractivity contribution in [1.29, 1.82) is 0 Å². The number of likely N-dealkylation sites (tertiary alicyclic amines) is 1. The minimum Gasteiger partial charge on any atom is -0.480 e. The zero-order valence-corrected chi connectivity index (χ0v) is 11.5. The van der Waals surface area contributed by atoms with Gasteiger partial charge in [0, 0.05) is 19.3 Å². The molecule has 7 heteroatoms. The molecule has 1 aliphatic heterocycles.